The Morgan fingerprint density at radius 3 is 2.34 bits per heavy atom. The quantitative estimate of drug-likeness (QED) is 0.480. The van der Waals surface area contributed by atoms with Crippen LogP contribution in [0.2, 0.25) is 0 Å². The van der Waals surface area contributed by atoms with Crippen molar-refractivity contribution in [1.82, 2.24) is 15.6 Å². The van der Waals surface area contributed by atoms with Crippen LogP contribution >= 0.6 is 0 Å². The number of hydrogen-bond acceptors (Lipinski definition) is 5. The van der Waals surface area contributed by atoms with Gasteiger partial charge in [0, 0.05) is 31.6 Å². The number of benzene rings is 1. The SMILES string of the molecule is CCNC(=NCc1ccc(OC(C)C)nc1)NCCc1ccc(S(C)(=O)=O)cc1. The number of nitrogens with one attached hydrogen (secondary N) is 2. The van der Waals surface area contributed by atoms with Crippen LogP contribution in [0.3, 0.4) is 0 Å². The topological polar surface area (TPSA) is 92.7 Å². The maximum Gasteiger partial charge on any atom is 0.213 e. The van der Waals surface area contributed by atoms with E-state index in [-0.39, 0.29) is 6.10 Å². The Morgan fingerprint density at radius 1 is 1.10 bits per heavy atom. The molecule has 29 heavy (non-hydrogen) atoms. The van der Waals surface area contributed by atoms with Crippen LogP contribution in [-0.2, 0) is 22.8 Å². The lowest BCUT2D eigenvalue weighted by Crippen LogP contribution is -2.38. The molecule has 7 nitrogen and oxygen atoms in total. The van der Waals surface area contributed by atoms with Crippen molar-refractivity contribution in [3.8, 4) is 5.88 Å². The second-order valence-corrected chi connectivity index (χ2v) is 8.98. The maximum absolute atomic E-state index is 11.5. The minimum absolute atomic E-state index is 0.0958. The van der Waals surface area contributed by atoms with Gasteiger partial charge in [-0.1, -0.05) is 18.2 Å². The van der Waals surface area contributed by atoms with Gasteiger partial charge in [-0.05, 0) is 50.5 Å². The molecule has 2 N–H and O–H groups in total. The molecule has 1 aromatic heterocycles. The van der Waals surface area contributed by atoms with Gasteiger partial charge in [-0.15, -0.1) is 0 Å². The molecule has 1 heterocycles. The van der Waals surface area contributed by atoms with E-state index in [0.29, 0.717) is 23.9 Å². The molecular weight excluding hydrogens is 388 g/mol. The van der Waals surface area contributed by atoms with Crippen molar-refractivity contribution >= 4 is 15.8 Å². The second kappa shape index (κ2) is 10.8. The van der Waals surface area contributed by atoms with Crippen molar-refractivity contribution in [2.45, 2.75) is 44.7 Å². The highest BCUT2D eigenvalue weighted by Crippen LogP contribution is 2.11. The number of aromatic nitrogens is 1. The molecule has 0 radical (unpaired) electrons. The van der Waals surface area contributed by atoms with E-state index >= 15 is 0 Å². The maximum atomic E-state index is 11.5. The molecule has 1 aromatic carbocycles. The van der Waals surface area contributed by atoms with Crippen LogP contribution in [0.4, 0.5) is 0 Å². The first-order valence-electron chi connectivity index (χ1n) is 9.70. The lowest BCUT2D eigenvalue weighted by molar-refractivity contribution is 0.232. The van der Waals surface area contributed by atoms with Gasteiger partial charge in [0.05, 0.1) is 17.5 Å². The molecule has 0 amide bonds. The number of guanidine groups is 1. The summed E-state index contributed by atoms with van der Waals surface area (Å²) >= 11 is 0. The first kappa shape index (κ1) is 22.7. The summed E-state index contributed by atoms with van der Waals surface area (Å²) in [5.74, 6) is 1.34. The van der Waals surface area contributed by atoms with Gasteiger partial charge in [0.2, 0.25) is 5.88 Å². The average molecular weight is 419 g/mol. The van der Waals surface area contributed by atoms with Gasteiger partial charge in [0.15, 0.2) is 15.8 Å². The number of hydrogen-bond donors (Lipinski definition) is 2. The molecule has 0 aliphatic heterocycles. The van der Waals surface area contributed by atoms with Crippen molar-refractivity contribution in [2.24, 2.45) is 4.99 Å². The molecule has 0 spiro atoms. The minimum Gasteiger partial charge on any atom is -0.475 e. The molecule has 0 atom stereocenters. The summed E-state index contributed by atoms with van der Waals surface area (Å²) in [6.45, 7) is 7.90. The smallest absolute Gasteiger partial charge is 0.213 e. The fourth-order valence-corrected chi connectivity index (χ4v) is 3.19. The van der Waals surface area contributed by atoms with Gasteiger partial charge < -0.3 is 15.4 Å². The molecule has 8 heteroatoms. The van der Waals surface area contributed by atoms with E-state index in [2.05, 4.69) is 20.6 Å². The summed E-state index contributed by atoms with van der Waals surface area (Å²) in [5, 5.41) is 6.52. The van der Waals surface area contributed by atoms with Gasteiger partial charge >= 0.3 is 0 Å². The molecule has 158 valence electrons. The standard InChI is InChI=1S/C21H30N4O3S/c1-5-22-21(25-15-18-8-11-20(24-14-18)28-16(2)3)23-13-12-17-6-9-19(10-7-17)29(4,26)27/h6-11,14,16H,5,12-13,15H2,1-4H3,(H2,22,23,25). The normalized spacial score (nSPS) is 12.1. The Hall–Kier alpha value is -2.61. The van der Waals surface area contributed by atoms with Gasteiger partial charge in [0.1, 0.15) is 0 Å². The number of ether oxygens (including phenoxy) is 1. The molecule has 2 rings (SSSR count). The molecule has 2 aromatic rings. The van der Waals surface area contributed by atoms with Crippen molar-refractivity contribution in [1.29, 1.82) is 0 Å². The van der Waals surface area contributed by atoms with Crippen LogP contribution in [0.5, 0.6) is 5.88 Å². The minimum atomic E-state index is -3.16. The van der Waals surface area contributed by atoms with Crippen LogP contribution in [0, 0.1) is 0 Å². The Morgan fingerprint density at radius 2 is 1.79 bits per heavy atom. The summed E-state index contributed by atoms with van der Waals surface area (Å²) in [6, 6.07) is 10.8. The second-order valence-electron chi connectivity index (χ2n) is 6.96. The first-order valence-corrected chi connectivity index (χ1v) is 11.6. The first-order chi connectivity index (χ1) is 13.8. The third-order valence-corrected chi connectivity index (χ3v) is 5.10. The van der Waals surface area contributed by atoms with E-state index in [1.165, 1.54) is 6.26 Å². The number of rotatable bonds is 9. The summed E-state index contributed by atoms with van der Waals surface area (Å²) in [5.41, 5.74) is 2.06. The molecule has 0 saturated carbocycles. The molecule has 0 unspecified atom stereocenters. The Labute approximate surface area is 173 Å². The van der Waals surface area contributed by atoms with Crippen LogP contribution in [0.1, 0.15) is 31.9 Å². The molecule has 0 saturated heterocycles. The molecule has 0 aliphatic rings. The lowest BCUT2D eigenvalue weighted by atomic mass is 10.1. The lowest BCUT2D eigenvalue weighted by Gasteiger charge is -2.12. The van der Waals surface area contributed by atoms with Crippen LogP contribution in [-0.4, -0.2) is 44.8 Å². The summed E-state index contributed by atoms with van der Waals surface area (Å²) < 4.78 is 28.6. The highest BCUT2D eigenvalue weighted by atomic mass is 32.2. The summed E-state index contributed by atoms with van der Waals surface area (Å²) in [6.07, 6.45) is 3.84. The highest BCUT2D eigenvalue weighted by Gasteiger charge is 2.06. The van der Waals surface area contributed by atoms with E-state index in [4.69, 9.17) is 4.74 Å². The Bertz CT molecular complexity index is 893. The van der Waals surface area contributed by atoms with E-state index in [1.54, 1.807) is 18.3 Å². The van der Waals surface area contributed by atoms with Crippen molar-refractivity contribution in [3.63, 3.8) is 0 Å². The summed E-state index contributed by atoms with van der Waals surface area (Å²) in [7, 11) is -3.16. The van der Waals surface area contributed by atoms with Crippen molar-refractivity contribution < 1.29 is 13.2 Å². The van der Waals surface area contributed by atoms with E-state index in [1.807, 2.05) is 45.0 Å². The van der Waals surface area contributed by atoms with Gasteiger partial charge in [-0.3, -0.25) is 0 Å². The van der Waals surface area contributed by atoms with Crippen LogP contribution < -0.4 is 15.4 Å². The predicted octanol–water partition coefficient (Wildman–Crippen LogP) is 2.57. The molecule has 0 aliphatic carbocycles. The average Bonchev–Trinajstić information content (AvgIpc) is 2.66. The Balaban J connectivity index is 1.88. The zero-order chi connectivity index (χ0) is 21.3. The summed E-state index contributed by atoms with van der Waals surface area (Å²) in [4.78, 5) is 9.22. The number of nitrogens with zero attached hydrogens (tertiary/aromatic N) is 2. The zero-order valence-electron chi connectivity index (χ0n) is 17.5. The van der Waals surface area contributed by atoms with E-state index in [9.17, 15) is 8.42 Å². The van der Waals surface area contributed by atoms with Crippen molar-refractivity contribution in [2.75, 3.05) is 19.3 Å². The fraction of sp³-hybridized carbons (Fsp3) is 0.429. The Kier molecular flexibility index (Phi) is 8.45. The van der Waals surface area contributed by atoms with Gasteiger partial charge in [-0.25, -0.2) is 18.4 Å². The molecule has 0 fully saturated rings. The van der Waals surface area contributed by atoms with E-state index < -0.39 is 9.84 Å². The monoisotopic (exact) mass is 418 g/mol. The fourth-order valence-electron chi connectivity index (χ4n) is 2.56. The highest BCUT2D eigenvalue weighted by molar-refractivity contribution is 7.90. The molecular formula is C21H30N4O3S. The number of pyridine rings is 1. The largest absolute Gasteiger partial charge is 0.475 e. The van der Waals surface area contributed by atoms with Crippen molar-refractivity contribution in [3.05, 3.63) is 53.7 Å². The van der Waals surface area contributed by atoms with Gasteiger partial charge in [-0.2, -0.15) is 0 Å². The number of aliphatic imine (C=N–C) groups is 1. The van der Waals surface area contributed by atoms with Crippen LogP contribution in [0.25, 0.3) is 0 Å². The third-order valence-electron chi connectivity index (χ3n) is 3.98. The van der Waals surface area contributed by atoms with E-state index in [0.717, 1.165) is 30.1 Å². The molecule has 0 bridgehead atoms. The third kappa shape index (κ3) is 8.11. The van der Waals surface area contributed by atoms with Crippen LogP contribution in [0.15, 0.2) is 52.5 Å². The predicted molar refractivity (Wildman–Crippen MR) is 116 cm³/mol. The number of sulfone groups is 1. The van der Waals surface area contributed by atoms with Gasteiger partial charge in [0.25, 0.3) is 0 Å². The zero-order valence-corrected chi connectivity index (χ0v) is 18.3.